The summed E-state index contributed by atoms with van der Waals surface area (Å²) in [4.78, 5) is 26.7. The second kappa shape index (κ2) is 7.02. The Bertz CT molecular complexity index is 963. The molecule has 0 fully saturated rings. The number of carboxylic acids is 1. The zero-order valence-electron chi connectivity index (χ0n) is 17.1. The number of carbonyl (C=O) groups is 2. The number of methoxy groups -OCH3 is 1. The highest BCUT2D eigenvalue weighted by molar-refractivity contribution is 5.92. The van der Waals surface area contributed by atoms with Crippen LogP contribution in [0.2, 0.25) is 0 Å². The van der Waals surface area contributed by atoms with Crippen molar-refractivity contribution < 1.29 is 29.6 Å². The van der Waals surface area contributed by atoms with Crippen LogP contribution in [-0.4, -0.2) is 43.8 Å². The summed E-state index contributed by atoms with van der Waals surface area (Å²) in [6, 6.07) is 5.99. The molecule has 8 nitrogen and oxygen atoms in total. The third kappa shape index (κ3) is 2.82. The Labute approximate surface area is 168 Å². The van der Waals surface area contributed by atoms with E-state index in [0.29, 0.717) is 11.3 Å². The molecule has 3 rings (SSSR count). The summed E-state index contributed by atoms with van der Waals surface area (Å²) in [5.41, 5.74) is -0.902. The Kier molecular flexibility index (Phi) is 4.98. The van der Waals surface area contributed by atoms with Crippen LogP contribution in [0.15, 0.2) is 24.3 Å². The molecule has 0 saturated carbocycles. The van der Waals surface area contributed by atoms with Gasteiger partial charge >= 0.3 is 5.97 Å². The number of aromatic nitrogens is 1. The van der Waals surface area contributed by atoms with E-state index in [1.54, 1.807) is 24.3 Å². The van der Waals surface area contributed by atoms with Crippen LogP contribution in [0.25, 0.3) is 0 Å². The number of aromatic hydroxyl groups is 2. The fourth-order valence-corrected chi connectivity index (χ4v) is 4.46. The number of benzene rings is 1. The van der Waals surface area contributed by atoms with Crippen LogP contribution < -0.4 is 4.74 Å². The molecule has 0 spiro atoms. The van der Waals surface area contributed by atoms with Gasteiger partial charge in [-0.25, -0.2) is 4.79 Å². The minimum Gasteiger partial charge on any atom is -0.497 e. The molecular weight excluding hydrogens is 376 g/mol. The summed E-state index contributed by atoms with van der Waals surface area (Å²) in [5, 5.41) is 31.9. The molecule has 2 aromatic rings. The van der Waals surface area contributed by atoms with Crippen molar-refractivity contribution in [2.24, 2.45) is 13.0 Å². The van der Waals surface area contributed by atoms with Gasteiger partial charge in [0.25, 0.3) is 0 Å². The maximum atomic E-state index is 12.8. The fraction of sp³-hybridized carbons (Fsp3) is 0.429. The molecule has 1 aliphatic rings. The Balaban J connectivity index is 2.39. The van der Waals surface area contributed by atoms with Crippen molar-refractivity contribution in [3.8, 4) is 17.5 Å². The Morgan fingerprint density at radius 1 is 1.17 bits per heavy atom. The maximum Gasteiger partial charge on any atom is 0.334 e. The van der Waals surface area contributed by atoms with Gasteiger partial charge in [-0.2, -0.15) is 0 Å². The van der Waals surface area contributed by atoms with Crippen molar-refractivity contribution in [3.05, 3.63) is 41.0 Å². The first-order chi connectivity index (χ1) is 13.6. The normalized spacial score (nSPS) is 20.8. The third-order valence-corrected chi connectivity index (χ3v) is 5.55. The van der Waals surface area contributed by atoms with Crippen molar-refractivity contribution in [3.63, 3.8) is 0 Å². The molecule has 8 heteroatoms. The maximum absolute atomic E-state index is 12.8. The lowest BCUT2D eigenvalue weighted by Crippen LogP contribution is -2.52. The molecule has 1 aromatic carbocycles. The second-order valence-electron chi connectivity index (χ2n) is 7.82. The van der Waals surface area contributed by atoms with Crippen molar-refractivity contribution >= 4 is 11.9 Å². The number of rotatable bonds is 5. The van der Waals surface area contributed by atoms with Crippen LogP contribution >= 0.6 is 0 Å². The lowest BCUT2D eigenvalue weighted by molar-refractivity contribution is -0.161. The summed E-state index contributed by atoms with van der Waals surface area (Å²) in [6.07, 6.45) is 0.0819. The largest absolute Gasteiger partial charge is 0.497 e. The molecule has 0 aliphatic carbocycles. The molecule has 2 atom stereocenters. The van der Waals surface area contributed by atoms with Crippen molar-refractivity contribution in [1.29, 1.82) is 0 Å². The van der Waals surface area contributed by atoms with Crippen LogP contribution in [0.4, 0.5) is 0 Å². The fourth-order valence-electron chi connectivity index (χ4n) is 4.46. The molecule has 2 heterocycles. The van der Waals surface area contributed by atoms with E-state index in [-0.39, 0.29) is 35.2 Å². The molecule has 1 aliphatic heterocycles. The van der Waals surface area contributed by atoms with E-state index in [9.17, 15) is 24.9 Å². The van der Waals surface area contributed by atoms with E-state index in [1.807, 2.05) is 13.8 Å². The van der Waals surface area contributed by atoms with E-state index in [1.165, 1.54) is 26.0 Å². The summed E-state index contributed by atoms with van der Waals surface area (Å²) < 4.78 is 6.34. The molecule has 0 bridgehead atoms. The van der Waals surface area contributed by atoms with Gasteiger partial charge in [0.1, 0.15) is 5.75 Å². The van der Waals surface area contributed by atoms with Crippen LogP contribution in [0, 0.1) is 5.92 Å². The highest BCUT2D eigenvalue weighted by atomic mass is 16.5. The van der Waals surface area contributed by atoms with E-state index >= 15 is 0 Å². The standard InChI is InChI=1S/C21H26N2O6/c1-11(2)10-21(20(27)28)16-15(18(25)22(4)19(16)26)17(23(21)12(3)24)13-6-8-14(29-5)9-7-13/h6-9,11,17,25-26H,10H2,1-5H3,(H,27,28)/t17-,21-/m0/s1. The number of hydrogen-bond acceptors (Lipinski definition) is 5. The summed E-state index contributed by atoms with van der Waals surface area (Å²) in [6.45, 7) is 5.00. The predicted octanol–water partition coefficient (Wildman–Crippen LogP) is 2.72. The quantitative estimate of drug-likeness (QED) is 0.709. The molecule has 1 aromatic heterocycles. The number of carbonyl (C=O) groups excluding carboxylic acids is 1. The average molecular weight is 402 g/mol. The lowest BCUT2D eigenvalue weighted by atomic mass is 9.83. The molecule has 29 heavy (non-hydrogen) atoms. The molecular formula is C21H26N2O6. The predicted molar refractivity (Wildman–Crippen MR) is 105 cm³/mol. The highest BCUT2D eigenvalue weighted by Gasteiger charge is 2.61. The number of aliphatic carboxylic acids is 1. The number of hydrogen-bond donors (Lipinski definition) is 3. The zero-order chi connectivity index (χ0) is 21.7. The SMILES string of the molecule is COc1ccc([C@H]2c3c(c(O)n(C)c3O)[C@@](CC(C)C)(C(=O)O)N2C(C)=O)cc1. The molecule has 3 N–H and O–H groups in total. The molecule has 0 saturated heterocycles. The molecule has 0 unspecified atom stereocenters. The Hall–Kier alpha value is -3.16. The van der Waals surface area contributed by atoms with Gasteiger partial charge in [0.05, 0.1) is 24.3 Å². The number of amides is 1. The van der Waals surface area contributed by atoms with Crippen LogP contribution in [0.3, 0.4) is 0 Å². The first-order valence-corrected chi connectivity index (χ1v) is 9.36. The number of ether oxygens (including phenoxy) is 1. The zero-order valence-corrected chi connectivity index (χ0v) is 17.1. The smallest absolute Gasteiger partial charge is 0.334 e. The topological polar surface area (TPSA) is 112 Å². The average Bonchev–Trinajstić information content (AvgIpc) is 3.08. The van der Waals surface area contributed by atoms with E-state index in [2.05, 4.69) is 0 Å². The molecule has 156 valence electrons. The second-order valence-corrected chi connectivity index (χ2v) is 7.82. The minimum atomic E-state index is -1.80. The van der Waals surface area contributed by atoms with Crippen molar-refractivity contribution in [2.75, 3.05) is 7.11 Å². The number of fused-ring (bicyclic) bond motifs is 1. The van der Waals surface area contributed by atoms with Gasteiger partial charge in [-0.15, -0.1) is 0 Å². The first-order valence-electron chi connectivity index (χ1n) is 9.36. The van der Waals surface area contributed by atoms with Gasteiger partial charge in [-0.3, -0.25) is 9.36 Å². The Morgan fingerprint density at radius 3 is 2.21 bits per heavy atom. The first kappa shape index (κ1) is 20.6. The van der Waals surface area contributed by atoms with Crippen molar-refractivity contribution in [1.82, 2.24) is 9.47 Å². The van der Waals surface area contributed by atoms with E-state index in [0.717, 1.165) is 4.57 Å². The highest BCUT2D eigenvalue weighted by Crippen LogP contribution is 2.58. The molecule has 1 amide bonds. The summed E-state index contributed by atoms with van der Waals surface area (Å²) in [7, 11) is 2.98. The van der Waals surface area contributed by atoms with Gasteiger partial charge in [-0.1, -0.05) is 26.0 Å². The van der Waals surface area contributed by atoms with Gasteiger partial charge < -0.3 is 25.0 Å². The van der Waals surface area contributed by atoms with E-state index < -0.39 is 23.5 Å². The number of nitrogens with zero attached hydrogens (tertiary/aromatic N) is 2. The van der Waals surface area contributed by atoms with Crippen molar-refractivity contribution in [2.45, 2.75) is 38.8 Å². The summed E-state index contributed by atoms with van der Waals surface area (Å²) >= 11 is 0. The Morgan fingerprint density at radius 2 is 1.76 bits per heavy atom. The van der Waals surface area contributed by atoms with Gasteiger partial charge in [0.2, 0.25) is 5.91 Å². The molecule has 0 radical (unpaired) electrons. The van der Waals surface area contributed by atoms with Gasteiger partial charge in [0, 0.05) is 14.0 Å². The number of carboxylic acid groups (broad SMARTS) is 1. The lowest BCUT2D eigenvalue weighted by Gasteiger charge is -2.39. The van der Waals surface area contributed by atoms with Crippen LogP contribution in [0.1, 0.15) is 49.9 Å². The summed E-state index contributed by atoms with van der Waals surface area (Å²) in [5.74, 6) is -1.84. The van der Waals surface area contributed by atoms with Crippen LogP contribution in [0.5, 0.6) is 17.5 Å². The third-order valence-electron chi connectivity index (χ3n) is 5.55. The van der Waals surface area contributed by atoms with Gasteiger partial charge in [-0.05, 0) is 30.0 Å². The monoisotopic (exact) mass is 402 g/mol. The minimum absolute atomic E-state index is 0.0646. The van der Waals surface area contributed by atoms with Crippen LogP contribution in [-0.2, 0) is 22.2 Å². The van der Waals surface area contributed by atoms with E-state index in [4.69, 9.17) is 4.74 Å². The van der Waals surface area contributed by atoms with Gasteiger partial charge in [0.15, 0.2) is 17.3 Å².